The number of carbonyl (C=O) groups is 1. The van der Waals surface area contributed by atoms with Crippen molar-refractivity contribution in [1.29, 1.82) is 0 Å². The quantitative estimate of drug-likeness (QED) is 0.897. The van der Waals surface area contributed by atoms with Crippen LogP contribution >= 0.6 is 0 Å². The molecule has 0 fully saturated rings. The zero-order valence-corrected chi connectivity index (χ0v) is 11.6. The van der Waals surface area contributed by atoms with Crippen molar-refractivity contribution in [2.75, 3.05) is 12.4 Å². The Balaban J connectivity index is 2.18. The molecule has 2 aromatic carbocycles. The van der Waals surface area contributed by atoms with E-state index in [0.29, 0.717) is 11.4 Å². The number of hydrogen-bond donors (Lipinski definition) is 2. The van der Waals surface area contributed by atoms with Crippen molar-refractivity contribution in [3.8, 4) is 5.75 Å². The molecule has 0 aliphatic rings. The highest BCUT2D eigenvalue weighted by Crippen LogP contribution is 2.26. The normalized spacial score (nSPS) is 11.8. The Labute approximate surface area is 118 Å². The van der Waals surface area contributed by atoms with Crippen LogP contribution in [0.3, 0.4) is 0 Å². The number of amides is 1. The summed E-state index contributed by atoms with van der Waals surface area (Å²) in [6.07, 6.45) is 0. The van der Waals surface area contributed by atoms with Gasteiger partial charge in [-0.3, -0.25) is 4.79 Å². The Morgan fingerprint density at radius 3 is 2.55 bits per heavy atom. The molecular formula is C16H18N2O2. The van der Waals surface area contributed by atoms with Crippen LogP contribution in [0.15, 0.2) is 48.5 Å². The average molecular weight is 270 g/mol. The van der Waals surface area contributed by atoms with Crippen LogP contribution in [-0.2, 0) is 4.79 Å². The van der Waals surface area contributed by atoms with Crippen LogP contribution in [0.25, 0.3) is 0 Å². The van der Waals surface area contributed by atoms with Gasteiger partial charge in [0.2, 0.25) is 5.91 Å². The van der Waals surface area contributed by atoms with E-state index in [0.717, 1.165) is 11.1 Å². The van der Waals surface area contributed by atoms with Gasteiger partial charge in [-0.1, -0.05) is 36.4 Å². The van der Waals surface area contributed by atoms with Crippen LogP contribution in [0.1, 0.15) is 17.2 Å². The van der Waals surface area contributed by atoms with Gasteiger partial charge >= 0.3 is 0 Å². The molecule has 0 bridgehead atoms. The molecule has 1 amide bonds. The van der Waals surface area contributed by atoms with Gasteiger partial charge < -0.3 is 15.8 Å². The van der Waals surface area contributed by atoms with Crippen LogP contribution in [0, 0.1) is 6.92 Å². The van der Waals surface area contributed by atoms with E-state index in [4.69, 9.17) is 10.5 Å². The first-order valence-electron chi connectivity index (χ1n) is 6.38. The summed E-state index contributed by atoms with van der Waals surface area (Å²) in [7, 11) is 1.57. The number of rotatable bonds is 4. The second-order valence-electron chi connectivity index (χ2n) is 4.58. The molecule has 2 aromatic rings. The highest BCUT2D eigenvalue weighted by molar-refractivity contribution is 5.96. The van der Waals surface area contributed by atoms with E-state index >= 15 is 0 Å². The number of benzene rings is 2. The van der Waals surface area contributed by atoms with Crippen LogP contribution in [0.4, 0.5) is 5.69 Å². The predicted molar refractivity (Wildman–Crippen MR) is 79.7 cm³/mol. The summed E-state index contributed by atoms with van der Waals surface area (Å²) in [6, 6.07) is 14.2. The summed E-state index contributed by atoms with van der Waals surface area (Å²) >= 11 is 0. The molecule has 0 radical (unpaired) electrons. The van der Waals surface area contributed by atoms with E-state index in [9.17, 15) is 4.79 Å². The molecule has 0 aromatic heterocycles. The lowest BCUT2D eigenvalue weighted by Gasteiger charge is -2.15. The standard InChI is InChI=1S/C16H18N2O2/c1-11-8-9-14(20-2)13(10-11)18-16(19)15(17)12-6-4-3-5-7-12/h3-10,15H,17H2,1-2H3,(H,18,19)/t15-/m1/s1. The molecule has 3 N–H and O–H groups in total. The Kier molecular flexibility index (Phi) is 4.38. The fourth-order valence-electron chi connectivity index (χ4n) is 1.94. The predicted octanol–water partition coefficient (Wildman–Crippen LogP) is 2.64. The van der Waals surface area contributed by atoms with E-state index in [1.54, 1.807) is 7.11 Å². The number of hydrogen-bond acceptors (Lipinski definition) is 3. The molecule has 104 valence electrons. The van der Waals surface area contributed by atoms with Crippen molar-refractivity contribution >= 4 is 11.6 Å². The maximum absolute atomic E-state index is 12.2. The van der Waals surface area contributed by atoms with E-state index in [-0.39, 0.29) is 5.91 Å². The molecule has 0 saturated heterocycles. The van der Waals surface area contributed by atoms with Gasteiger partial charge in [0.05, 0.1) is 12.8 Å². The van der Waals surface area contributed by atoms with Crippen LogP contribution in [0.2, 0.25) is 0 Å². The molecular weight excluding hydrogens is 252 g/mol. The second-order valence-corrected chi connectivity index (χ2v) is 4.58. The van der Waals surface area contributed by atoms with E-state index in [1.165, 1.54) is 0 Å². The smallest absolute Gasteiger partial charge is 0.245 e. The van der Waals surface area contributed by atoms with E-state index in [2.05, 4.69) is 5.32 Å². The van der Waals surface area contributed by atoms with Crippen LogP contribution < -0.4 is 15.8 Å². The fourth-order valence-corrected chi connectivity index (χ4v) is 1.94. The lowest BCUT2D eigenvalue weighted by Crippen LogP contribution is -2.27. The zero-order valence-electron chi connectivity index (χ0n) is 11.6. The first kappa shape index (κ1) is 14.1. The number of methoxy groups -OCH3 is 1. The molecule has 20 heavy (non-hydrogen) atoms. The lowest BCUT2D eigenvalue weighted by atomic mass is 10.1. The Morgan fingerprint density at radius 1 is 1.20 bits per heavy atom. The summed E-state index contributed by atoms with van der Waals surface area (Å²) in [5, 5.41) is 2.81. The largest absolute Gasteiger partial charge is 0.495 e. The molecule has 4 nitrogen and oxygen atoms in total. The zero-order chi connectivity index (χ0) is 14.5. The molecule has 0 aliphatic carbocycles. The number of anilines is 1. The van der Waals surface area contributed by atoms with Crippen molar-refractivity contribution in [3.63, 3.8) is 0 Å². The van der Waals surface area contributed by atoms with Gasteiger partial charge in [0.15, 0.2) is 0 Å². The molecule has 4 heteroatoms. The van der Waals surface area contributed by atoms with Gasteiger partial charge in [-0.25, -0.2) is 0 Å². The van der Waals surface area contributed by atoms with E-state index < -0.39 is 6.04 Å². The molecule has 0 spiro atoms. The van der Waals surface area contributed by atoms with Gasteiger partial charge in [0, 0.05) is 0 Å². The van der Waals surface area contributed by atoms with E-state index in [1.807, 2.05) is 55.5 Å². The van der Waals surface area contributed by atoms with Crippen molar-refractivity contribution in [1.82, 2.24) is 0 Å². The summed E-state index contributed by atoms with van der Waals surface area (Å²) in [5.41, 5.74) is 8.40. The average Bonchev–Trinajstić information content (AvgIpc) is 2.47. The first-order valence-corrected chi connectivity index (χ1v) is 6.38. The highest BCUT2D eigenvalue weighted by atomic mass is 16.5. The SMILES string of the molecule is COc1ccc(C)cc1NC(=O)[C@H](N)c1ccccc1. The van der Waals surface area contributed by atoms with Gasteiger partial charge in [0.25, 0.3) is 0 Å². The molecule has 0 saturated carbocycles. The summed E-state index contributed by atoms with van der Waals surface area (Å²) < 4.78 is 5.23. The Hall–Kier alpha value is -2.33. The number of aryl methyl sites for hydroxylation is 1. The third-order valence-electron chi connectivity index (χ3n) is 3.05. The summed E-state index contributed by atoms with van der Waals surface area (Å²) in [4.78, 5) is 12.2. The van der Waals surface area contributed by atoms with Gasteiger partial charge in [0.1, 0.15) is 11.8 Å². The van der Waals surface area contributed by atoms with Crippen molar-refractivity contribution in [3.05, 3.63) is 59.7 Å². The molecule has 0 aliphatic heterocycles. The third kappa shape index (κ3) is 3.16. The third-order valence-corrected chi connectivity index (χ3v) is 3.05. The Bertz CT molecular complexity index is 597. The topological polar surface area (TPSA) is 64.3 Å². The minimum absolute atomic E-state index is 0.264. The van der Waals surface area contributed by atoms with Gasteiger partial charge in [-0.15, -0.1) is 0 Å². The fraction of sp³-hybridized carbons (Fsp3) is 0.188. The molecule has 0 unspecified atom stereocenters. The lowest BCUT2D eigenvalue weighted by molar-refractivity contribution is -0.117. The number of nitrogens with one attached hydrogen (secondary N) is 1. The molecule has 1 atom stereocenters. The van der Waals surface area contributed by atoms with Crippen molar-refractivity contribution in [2.24, 2.45) is 5.73 Å². The maximum atomic E-state index is 12.2. The summed E-state index contributed by atoms with van der Waals surface area (Å²) in [5.74, 6) is 0.351. The maximum Gasteiger partial charge on any atom is 0.245 e. The number of carbonyl (C=O) groups excluding carboxylic acids is 1. The van der Waals surface area contributed by atoms with Crippen LogP contribution in [-0.4, -0.2) is 13.0 Å². The number of nitrogens with two attached hydrogens (primary N) is 1. The second kappa shape index (κ2) is 6.21. The van der Waals surface area contributed by atoms with Crippen molar-refractivity contribution in [2.45, 2.75) is 13.0 Å². The Morgan fingerprint density at radius 2 is 1.90 bits per heavy atom. The minimum atomic E-state index is -0.707. The summed E-state index contributed by atoms with van der Waals surface area (Å²) in [6.45, 7) is 1.95. The monoisotopic (exact) mass is 270 g/mol. The first-order chi connectivity index (χ1) is 9.61. The minimum Gasteiger partial charge on any atom is -0.495 e. The van der Waals surface area contributed by atoms with Gasteiger partial charge in [-0.2, -0.15) is 0 Å². The molecule has 0 heterocycles. The van der Waals surface area contributed by atoms with Crippen molar-refractivity contribution < 1.29 is 9.53 Å². The number of ether oxygens (including phenoxy) is 1. The molecule has 2 rings (SSSR count). The van der Waals surface area contributed by atoms with Crippen LogP contribution in [0.5, 0.6) is 5.75 Å². The highest BCUT2D eigenvalue weighted by Gasteiger charge is 2.17. The van der Waals surface area contributed by atoms with Gasteiger partial charge in [-0.05, 0) is 30.2 Å².